The largest absolute Gasteiger partial charge is 0.376 e. The number of anilines is 1. The van der Waals surface area contributed by atoms with Crippen LogP contribution in [0.5, 0.6) is 0 Å². The Labute approximate surface area is 160 Å². The average molecular weight is 365 g/mol. The Morgan fingerprint density at radius 2 is 2.15 bits per heavy atom. The lowest BCUT2D eigenvalue weighted by Crippen LogP contribution is -2.34. The Bertz CT molecular complexity index is 807. The maximum atomic E-state index is 12.5. The zero-order chi connectivity index (χ0) is 18.8. The van der Waals surface area contributed by atoms with Crippen LogP contribution in [-0.2, 0) is 0 Å². The van der Waals surface area contributed by atoms with Crippen LogP contribution in [0, 0.1) is 5.92 Å². The van der Waals surface area contributed by atoms with E-state index >= 15 is 0 Å². The normalized spacial score (nSPS) is 23.4. The summed E-state index contributed by atoms with van der Waals surface area (Å²) in [6.07, 6.45) is 2.95. The summed E-state index contributed by atoms with van der Waals surface area (Å²) in [6, 6.07) is 12.5. The predicted octanol–water partition coefficient (Wildman–Crippen LogP) is 2.19. The van der Waals surface area contributed by atoms with Gasteiger partial charge in [-0.2, -0.15) is 0 Å². The summed E-state index contributed by atoms with van der Waals surface area (Å²) in [5.74, 6) is 0.417. The van der Waals surface area contributed by atoms with Crippen LogP contribution in [0.2, 0.25) is 0 Å². The summed E-state index contributed by atoms with van der Waals surface area (Å²) in [7, 11) is 4.00. The molecule has 0 spiro atoms. The number of rotatable bonds is 5. The van der Waals surface area contributed by atoms with Crippen molar-refractivity contribution in [2.75, 3.05) is 39.0 Å². The van der Waals surface area contributed by atoms with Gasteiger partial charge in [-0.15, -0.1) is 0 Å². The van der Waals surface area contributed by atoms with E-state index in [1.807, 2.05) is 50.6 Å². The molecule has 6 heteroatoms. The third-order valence-corrected chi connectivity index (χ3v) is 5.51. The topological polar surface area (TPSA) is 69.3 Å². The Morgan fingerprint density at radius 3 is 2.93 bits per heavy atom. The second kappa shape index (κ2) is 7.66. The second-order valence-electron chi connectivity index (χ2n) is 7.62. The fourth-order valence-electron chi connectivity index (χ4n) is 4.14. The average Bonchev–Trinajstić information content (AvgIpc) is 3.17. The van der Waals surface area contributed by atoms with Crippen LogP contribution < -0.4 is 16.0 Å². The highest BCUT2D eigenvalue weighted by Crippen LogP contribution is 2.46. The van der Waals surface area contributed by atoms with Gasteiger partial charge in [0.15, 0.2) is 0 Å². The van der Waals surface area contributed by atoms with Crippen LogP contribution in [-0.4, -0.2) is 49.5 Å². The Balaban J connectivity index is 1.57. The van der Waals surface area contributed by atoms with Gasteiger partial charge in [0, 0.05) is 42.5 Å². The summed E-state index contributed by atoms with van der Waals surface area (Å²) < 4.78 is 0. The second-order valence-corrected chi connectivity index (χ2v) is 7.62. The van der Waals surface area contributed by atoms with Crippen molar-refractivity contribution in [3.63, 3.8) is 0 Å². The summed E-state index contributed by atoms with van der Waals surface area (Å²) in [6.45, 7) is 2.46. The van der Waals surface area contributed by atoms with Crippen molar-refractivity contribution in [3.8, 4) is 0 Å². The van der Waals surface area contributed by atoms with E-state index in [-0.39, 0.29) is 18.0 Å². The van der Waals surface area contributed by atoms with Crippen molar-refractivity contribution in [2.24, 2.45) is 5.92 Å². The summed E-state index contributed by atoms with van der Waals surface area (Å²) in [4.78, 5) is 19.1. The number of fused-ring (bicyclic) bond motifs is 3. The molecule has 3 atom stereocenters. The minimum Gasteiger partial charge on any atom is -0.376 e. The Kier molecular flexibility index (Phi) is 5.09. The molecule has 27 heavy (non-hydrogen) atoms. The van der Waals surface area contributed by atoms with Crippen LogP contribution in [0.15, 0.2) is 42.6 Å². The van der Waals surface area contributed by atoms with Gasteiger partial charge < -0.3 is 20.9 Å². The van der Waals surface area contributed by atoms with Crippen molar-refractivity contribution in [3.05, 3.63) is 59.4 Å². The third kappa shape index (κ3) is 3.68. The lowest BCUT2D eigenvalue weighted by molar-refractivity contribution is 0.0951. The van der Waals surface area contributed by atoms with Crippen molar-refractivity contribution in [2.45, 2.75) is 18.5 Å². The van der Waals surface area contributed by atoms with Gasteiger partial charge in [0.1, 0.15) is 0 Å². The fourth-order valence-corrected chi connectivity index (χ4v) is 4.14. The molecule has 142 valence electrons. The number of carbonyl (C=O) groups excluding carboxylic acids is 1. The highest BCUT2D eigenvalue weighted by Gasteiger charge is 2.40. The summed E-state index contributed by atoms with van der Waals surface area (Å²) in [5, 5.41) is 10.3. The molecule has 2 aromatic rings. The van der Waals surface area contributed by atoms with Gasteiger partial charge in [-0.3, -0.25) is 9.78 Å². The molecule has 6 nitrogen and oxygen atoms in total. The van der Waals surface area contributed by atoms with Crippen molar-refractivity contribution < 1.29 is 4.79 Å². The zero-order valence-electron chi connectivity index (χ0n) is 15.9. The molecule has 0 saturated carbocycles. The fraction of sp³-hybridized carbons (Fsp3) is 0.429. The molecule has 1 saturated heterocycles. The maximum absolute atomic E-state index is 12.5. The van der Waals surface area contributed by atoms with Crippen LogP contribution in [0.1, 0.15) is 40.1 Å². The van der Waals surface area contributed by atoms with E-state index < -0.39 is 0 Å². The summed E-state index contributed by atoms with van der Waals surface area (Å²) in [5.41, 5.74) is 4.07. The zero-order valence-corrected chi connectivity index (χ0v) is 15.9. The molecule has 3 N–H and O–H groups in total. The van der Waals surface area contributed by atoms with Gasteiger partial charge >= 0.3 is 0 Å². The molecule has 1 fully saturated rings. The molecule has 0 bridgehead atoms. The van der Waals surface area contributed by atoms with E-state index in [1.54, 1.807) is 0 Å². The van der Waals surface area contributed by atoms with E-state index in [9.17, 15) is 4.79 Å². The van der Waals surface area contributed by atoms with Crippen molar-refractivity contribution in [1.82, 2.24) is 20.5 Å². The molecule has 2 aliphatic rings. The highest BCUT2D eigenvalue weighted by molar-refractivity contribution is 5.95. The van der Waals surface area contributed by atoms with Crippen LogP contribution in [0.3, 0.4) is 0 Å². The van der Waals surface area contributed by atoms with Gasteiger partial charge in [-0.1, -0.05) is 6.07 Å². The number of amides is 1. The molecule has 1 aromatic heterocycles. The predicted molar refractivity (Wildman–Crippen MR) is 107 cm³/mol. The molecule has 1 amide bonds. The van der Waals surface area contributed by atoms with Gasteiger partial charge in [-0.25, -0.2) is 0 Å². The van der Waals surface area contributed by atoms with Crippen LogP contribution in [0.25, 0.3) is 0 Å². The van der Waals surface area contributed by atoms with E-state index in [0.717, 1.165) is 36.5 Å². The third-order valence-electron chi connectivity index (χ3n) is 5.51. The number of carbonyl (C=O) groups is 1. The number of nitrogens with one attached hydrogen (secondary N) is 3. The molecule has 1 aromatic carbocycles. The van der Waals surface area contributed by atoms with Crippen molar-refractivity contribution in [1.29, 1.82) is 0 Å². The highest BCUT2D eigenvalue weighted by atomic mass is 16.1. The van der Waals surface area contributed by atoms with Crippen LogP contribution >= 0.6 is 0 Å². The Hall–Kier alpha value is -2.44. The van der Waals surface area contributed by atoms with E-state index in [2.05, 4.69) is 31.9 Å². The number of benzene rings is 1. The molecule has 0 radical (unpaired) electrons. The number of hydrogen-bond acceptors (Lipinski definition) is 5. The SMILES string of the molecule is CN(C)CCNC(=O)c1ccc2c(c1)[C@H]1NCC[C@H]1C(c1ccccn1)N2. The number of likely N-dealkylation sites (N-methyl/N-ethyl adjacent to an activating group) is 1. The number of aromatic nitrogens is 1. The molecule has 0 aliphatic carbocycles. The first-order chi connectivity index (χ1) is 13.1. The first-order valence-corrected chi connectivity index (χ1v) is 9.61. The lowest BCUT2D eigenvalue weighted by atomic mass is 9.81. The quantitative estimate of drug-likeness (QED) is 0.758. The molecular formula is C21H27N5O. The van der Waals surface area contributed by atoms with E-state index in [0.29, 0.717) is 12.5 Å². The minimum absolute atomic E-state index is 0.0129. The van der Waals surface area contributed by atoms with Gasteiger partial charge in [0.25, 0.3) is 5.91 Å². The van der Waals surface area contributed by atoms with Gasteiger partial charge in [0.2, 0.25) is 0 Å². The number of pyridine rings is 1. The molecule has 4 rings (SSSR count). The van der Waals surface area contributed by atoms with Crippen LogP contribution in [0.4, 0.5) is 5.69 Å². The minimum atomic E-state index is -0.0129. The van der Waals surface area contributed by atoms with E-state index in [4.69, 9.17) is 0 Å². The molecule has 1 unspecified atom stereocenters. The molecule has 2 aliphatic heterocycles. The standard InChI is InChI=1S/C21H27N5O/c1-26(2)12-11-24-21(27)14-6-7-17-16(13-14)19-15(8-10-23-19)20(25-17)18-5-3-4-9-22-18/h3-7,9,13,15,19-20,23,25H,8,10-12H2,1-2H3,(H,24,27)/t15-,19+,20?/m1/s1. The van der Waals surface area contributed by atoms with Crippen molar-refractivity contribution >= 4 is 11.6 Å². The first kappa shape index (κ1) is 17.9. The number of hydrogen-bond donors (Lipinski definition) is 3. The van der Waals surface area contributed by atoms with Gasteiger partial charge in [0.05, 0.1) is 11.7 Å². The monoisotopic (exact) mass is 365 g/mol. The maximum Gasteiger partial charge on any atom is 0.251 e. The molecular weight excluding hydrogens is 338 g/mol. The smallest absolute Gasteiger partial charge is 0.251 e. The molecule has 3 heterocycles. The van der Waals surface area contributed by atoms with E-state index in [1.165, 1.54) is 5.56 Å². The lowest BCUT2D eigenvalue weighted by Gasteiger charge is -2.36. The number of nitrogens with zero attached hydrogens (tertiary/aromatic N) is 2. The summed E-state index contributed by atoms with van der Waals surface area (Å²) >= 11 is 0. The first-order valence-electron chi connectivity index (χ1n) is 9.61. The Morgan fingerprint density at radius 1 is 1.26 bits per heavy atom. The van der Waals surface area contributed by atoms with Gasteiger partial charge in [-0.05, 0) is 63.0 Å².